The van der Waals surface area contributed by atoms with Gasteiger partial charge in [-0.1, -0.05) is 19.3 Å². The van der Waals surface area contributed by atoms with Gasteiger partial charge in [-0.05, 0) is 38.0 Å². The molecule has 1 aromatic carbocycles. The molecule has 2 unspecified atom stereocenters. The first-order valence-corrected chi connectivity index (χ1v) is 8.46. The smallest absolute Gasteiger partial charge is 0.236 e. The second-order valence-electron chi connectivity index (χ2n) is 5.47. The molecule has 3 N–H and O–H groups in total. The Morgan fingerprint density at radius 2 is 2.05 bits per heavy atom. The number of anilines is 1. The first-order chi connectivity index (χ1) is 9.99. The number of hydrogen-bond acceptors (Lipinski definition) is 3. The first-order valence-electron chi connectivity index (χ1n) is 7.25. The number of nitrogens with one attached hydrogen (secondary N) is 1. The molecule has 0 saturated heterocycles. The van der Waals surface area contributed by atoms with E-state index in [0.717, 1.165) is 31.7 Å². The molecule has 116 valence electrons. The van der Waals surface area contributed by atoms with Gasteiger partial charge in [-0.2, -0.15) is 0 Å². The summed E-state index contributed by atoms with van der Waals surface area (Å²) in [6.07, 6.45) is 5.39. The van der Waals surface area contributed by atoms with Crippen LogP contribution in [0.3, 0.4) is 0 Å². The minimum absolute atomic E-state index is 0.00932. The van der Waals surface area contributed by atoms with Crippen molar-refractivity contribution in [3.63, 3.8) is 0 Å². The van der Waals surface area contributed by atoms with Crippen molar-refractivity contribution < 1.29 is 13.4 Å². The van der Waals surface area contributed by atoms with Crippen molar-refractivity contribution in [3.8, 4) is 0 Å². The summed E-state index contributed by atoms with van der Waals surface area (Å²) in [5.74, 6) is -0.849. The molecule has 0 radical (unpaired) electrons. The van der Waals surface area contributed by atoms with Gasteiger partial charge < -0.3 is 11.1 Å². The molecular formula is C15H21FN2O2S. The first kappa shape index (κ1) is 15.9. The Kier molecular flexibility index (Phi) is 5.33. The highest BCUT2D eigenvalue weighted by Crippen LogP contribution is 2.20. The molecule has 2 atom stereocenters. The summed E-state index contributed by atoms with van der Waals surface area (Å²) in [7, 11) is -1.59. The van der Waals surface area contributed by atoms with Gasteiger partial charge in [0.15, 0.2) is 0 Å². The predicted octanol–water partition coefficient (Wildman–Crippen LogP) is 2.35. The van der Waals surface area contributed by atoms with Crippen LogP contribution in [0.2, 0.25) is 0 Å². The average Bonchev–Trinajstić information content (AvgIpc) is 2.49. The third kappa shape index (κ3) is 4.03. The Hall–Kier alpha value is -1.43. The monoisotopic (exact) mass is 312 g/mol. The maximum atomic E-state index is 13.4. The maximum absolute atomic E-state index is 13.4. The van der Waals surface area contributed by atoms with Gasteiger partial charge in [-0.3, -0.25) is 9.00 Å². The Morgan fingerprint density at radius 1 is 1.38 bits per heavy atom. The molecule has 4 nitrogen and oxygen atoms in total. The summed E-state index contributed by atoms with van der Waals surface area (Å²) in [5.41, 5.74) is 5.40. The van der Waals surface area contributed by atoms with Crippen molar-refractivity contribution in [1.29, 1.82) is 0 Å². The van der Waals surface area contributed by atoms with Crippen LogP contribution in [-0.2, 0) is 15.6 Å². The molecule has 6 heteroatoms. The molecular weight excluding hydrogens is 291 g/mol. The lowest BCUT2D eigenvalue weighted by atomic mass is 9.95. The van der Waals surface area contributed by atoms with E-state index in [9.17, 15) is 13.4 Å². The average molecular weight is 312 g/mol. The topological polar surface area (TPSA) is 72.2 Å². The van der Waals surface area contributed by atoms with Crippen LogP contribution < -0.4 is 11.1 Å². The van der Waals surface area contributed by atoms with E-state index in [2.05, 4.69) is 5.32 Å². The van der Waals surface area contributed by atoms with Gasteiger partial charge in [0.2, 0.25) is 5.91 Å². The maximum Gasteiger partial charge on any atom is 0.236 e. The number of rotatable bonds is 4. The summed E-state index contributed by atoms with van der Waals surface area (Å²) >= 11 is 0. The van der Waals surface area contributed by atoms with Crippen molar-refractivity contribution in [2.75, 3.05) is 5.73 Å². The van der Waals surface area contributed by atoms with E-state index in [4.69, 9.17) is 5.73 Å². The van der Waals surface area contributed by atoms with Gasteiger partial charge in [0.1, 0.15) is 11.1 Å². The largest absolute Gasteiger partial charge is 0.396 e. The molecule has 0 spiro atoms. The standard InChI is InChI=1S/C15H21FN2O2S/c1-10(15(19)18-11-5-3-2-4-6-11)21(20)12-7-8-14(17)13(16)9-12/h7-11H,2-6,17H2,1H3,(H,18,19). The third-order valence-electron chi connectivity index (χ3n) is 3.85. The van der Waals surface area contributed by atoms with E-state index < -0.39 is 21.9 Å². The van der Waals surface area contributed by atoms with Crippen molar-refractivity contribution in [1.82, 2.24) is 5.32 Å². The summed E-state index contributed by atoms with van der Waals surface area (Å²) in [5, 5.41) is 2.23. The predicted molar refractivity (Wildman–Crippen MR) is 81.7 cm³/mol. The molecule has 1 fully saturated rings. The van der Waals surface area contributed by atoms with Crippen LogP contribution in [0.1, 0.15) is 39.0 Å². The normalized spacial score (nSPS) is 19.0. The zero-order valence-electron chi connectivity index (χ0n) is 12.1. The van der Waals surface area contributed by atoms with Gasteiger partial charge in [0, 0.05) is 10.9 Å². The van der Waals surface area contributed by atoms with Gasteiger partial charge in [-0.15, -0.1) is 0 Å². The third-order valence-corrected chi connectivity index (χ3v) is 5.42. The van der Waals surface area contributed by atoms with Crippen molar-refractivity contribution in [2.45, 2.75) is 55.2 Å². The minimum Gasteiger partial charge on any atom is -0.396 e. The van der Waals surface area contributed by atoms with E-state index in [1.54, 1.807) is 6.92 Å². The number of nitrogen functional groups attached to an aromatic ring is 1. The van der Waals surface area contributed by atoms with Crippen LogP contribution in [0, 0.1) is 5.82 Å². The fraction of sp³-hybridized carbons (Fsp3) is 0.533. The highest BCUT2D eigenvalue weighted by molar-refractivity contribution is 7.86. The minimum atomic E-state index is -1.59. The number of nitrogens with two attached hydrogens (primary N) is 1. The fourth-order valence-electron chi connectivity index (χ4n) is 2.50. The zero-order chi connectivity index (χ0) is 15.4. The molecule has 1 aliphatic rings. The number of halogens is 1. The van der Waals surface area contributed by atoms with Crippen LogP contribution in [-0.4, -0.2) is 21.4 Å². The molecule has 21 heavy (non-hydrogen) atoms. The quantitative estimate of drug-likeness (QED) is 0.838. The van der Waals surface area contributed by atoms with Gasteiger partial charge in [0.05, 0.1) is 16.5 Å². The second kappa shape index (κ2) is 7.02. The van der Waals surface area contributed by atoms with E-state index in [-0.39, 0.29) is 22.5 Å². The lowest BCUT2D eigenvalue weighted by Crippen LogP contribution is -2.42. The van der Waals surface area contributed by atoms with E-state index in [0.29, 0.717) is 0 Å². The molecule has 1 saturated carbocycles. The van der Waals surface area contributed by atoms with Gasteiger partial charge in [0.25, 0.3) is 0 Å². The van der Waals surface area contributed by atoms with Crippen molar-refractivity contribution in [3.05, 3.63) is 24.0 Å². The lowest BCUT2D eigenvalue weighted by molar-refractivity contribution is -0.121. The Balaban J connectivity index is 2.00. The second-order valence-corrected chi connectivity index (χ2v) is 7.24. The summed E-state index contributed by atoms with van der Waals surface area (Å²) in [4.78, 5) is 12.4. The van der Waals surface area contributed by atoms with Crippen molar-refractivity contribution >= 4 is 22.4 Å². The van der Waals surface area contributed by atoms with E-state index >= 15 is 0 Å². The number of benzene rings is 1. The van der Waals surface area contributed by atoms with Crippen LogP contribution in [0.15, 0.2) is 23.1 Å². The molecule has 2 rings (SSSR count). The molecule has 1 amide bonds. The Labute approximate surface area is 126 Å². The number of carbonyl (C=O) groups is 1. The van der Waals surface area contributed by atoms with Crippen molar-refractivity contribution in [2.24, 2.45) is 0 Å². The van der Waals surface area contributed by atoms with Gasteiger partial charge >= 0.3 is 0 Å². The Bertz CT molecular complexity index is 544. The Morgan fingerprint density at radius 3 is 2.67 bits per heavy atom. The molecule has 1 aromatic rings. The highest BCUT2D eigenvalue weighted by atomic mass is 32.2. The molecule has 0 heterocycles. The highest BCUT2D eigenvalue weighted by Gasteiger charge is 2.25. The number of hydrogen-bond donors (Lipinski definition) is 2. The molecule has 0 aromatic heterocycles. The number of carbonyl (C=O) groups excluding carboxylic acids is 1. The molecule has 0 bridgehead atoms. The lowest BCUT2D eigenvalue weighted by Gasteiger charge is -2.24. The number of amides is 1. The molecule has 1 aliphatic carbocycles. The summed E-state index contributed by atoms with van der Waals surface area (Å²) in [6, 6.07) is 4.18. The van der Waals surface area contributed by atoms with E-state index in [1.165, 1.54) is 18.6 Å². The summed E-state index contributed by atoms with van der Waals surface area (Å²) < 4.78 is 25.8. The van der Waals surface area contributed by atoms with Gasteiger partial charge in [-0.25, -0.2) is 4.39 Å². The van der Waals surface area contributed by atoms with E-state index in [1.807, 2.05) is 0 Å². The SMILES string of the molecule is CC(C(=O)NC1CCCCC1)S(=O)c1ccc(N)c(F)c1. The van der Waals surface area contributed by atoms with Crippen LogP contribution in [0.25, 0.3) is 0 Å². The fourth-order valence-corrected chi connectivity index (χ4v) is 3.59. The van der Waals surface area contributed by atoms with Crippen LogP contribution in [0.5, 0.6) is 0 Å². The van der Waals surface area contributed by atoms with Crippen LogP contribution in [0.4, 0.5) is 10.1 Å². The molecule has 0 aliphatic heterocycles. The summed E-state index contributed by atoms with van der Waals surface area (Å²) in [6.45, 7) is 1.60. The zero-order valence-corrected chi connectivity index (χ0v) is 12.9. The van der Waals surface area contributed by atoms with Crippen LogP contribution >= 0.6 is 0 Å².